The van der Waals surface area contributed by atoms with Crippen LogP contribution in [0.1, 0.15) is 5.56 Å². The van der Waals surface area contributed by atoms with Gasteiger partial charge in [-0.2, -0.15) is 5.10 Å². The predicted molar refractivity (Wildman–Crippen MR) is 120 cm³/mol. The molecule has 0 radical (unpaired) electrons. The largest absolute Gasteiger partial charge is 0.383 e. The van der Waals surface area contributed by atoms with Gasteiger partial charge in [0.1, 0.15) is 0 Å². The van der Waals surface area contributed by atoms with E-state index in [1.165, 1.54) is 0 Å². The number of nitrogens with zero attached hydrogens (tertiary/aromatic N) is 3. The summed E-state index contributed by atoms with van der Waals surface area (Å²) in [6, 6.07) is 16.4. The Morgan fingerprint density at radius 3 is 2.69 bits per heavy atom. The van der Waals surface area contributed by atoms with Crippen molar-refractivity contribution in [2.24, 2.45) is 10.1 Å². The van der Waals surface area contributed by atoms with Gasteiger partial charge < -0.3 is 4.74 Å². The van der Waals surface area contributed by atoms with E-state index in [0.29, 0.717) is 13.2 Å². The van der Waals surface area contributed by atoms with Gasteiger partial charge in [0.25, 0.3) is 0 Å². The molecule has 2 aromatic carbocycles. The lowest BCUT2D eigenvalue weighted by Crippen LogP contribution is -2.13. The summed E-state index contributed by atoms with van der Waals surface area (Å²) < 4.78 is 9.22. The van der Waals surface area contributed by atoms with E-state index in [1.54, 1.807) is 18.4 Å². The van der Waals surface area contributed by atoms with Gasteiger partial charge in [-0.1, -0.05) is 46.3 Å². The second-order valence-electron chi connectivity index (χ2n) is 5.36. The van der Waals surface area contributed by atoms with Gasteiger partial charge in [0.15, 0.2) is 0 Å². The molecule has 0 saturated carbocycles. The second-order valence-corrected chi connectivity index (χ2v) is 8.28. The van der Waals surface area contributed by atoms with Crippen molar-refractivity contribution in [2.45, 2.75) is 0 Å². The van der Waals surface area contributed by atoms with Crippen LogP contribution >= 0.6 is 49.9 Å². The molecule has 0 N–H and O–H groups in total. The molecule has 1 heterocycles. The Hall–Kier alpha value is -1.29. The van der Waals surface area contributed by atoms with Crippen LogP contribution in [0.5, 0.6) is 0 Å². The van der Waals surface area contributed by atoms with E-state index in [4.69, 9.17) is 9.84 Å². The number of halogens is 2. The molecule has 0 spiro atoms. The Morgan fingerprint density at radius 1 is 1.19 bits per heavy atom. The lowest BCUT2D eigenvalue weighted by atomic mass is 10.2. The minimum absolute atomic E-state index is 0.589. The molecular weight excluding hydrogens is 525 g/mol. The third-order valence-electron chi connectivity index (χ3n) is 3.59. The number of rotatable bonds is 6. The van der Waals surface area contributed by atoms with Gasteiger partial charge in [0, 0.05) is 31.7 Å². The number of hydrogen-bond donors (Lipinski definition) is 0. The fraction of sp³-hybridized carbons (Fsp3) is 0.158. The van der Waals surface area contributed by atoms with Gasteiger partial charge in [-0.25, -0.2) is 4.68 Å². The monoisotopic (exact) mass is 541 g/mol. The van der Waals surface area contributed by atoms with Crippen LogP contribution in [0.3, 0.4) is 0 Å². The highest BCUT2D eigenvalue weighted by Crippen LogP contribution is 2.22. The lowest BCUT2D eigenvalue weighted by molar-refractivity contribution is 0.207. The maximum atomic E-state index is 5.11. The Balaban J connectivity index is 2.04. The topological polar surface area (TPSA) is 38.9 Å². The molecule has 0 amide bonds. The summed E-state index contributed by atoms with van der Waals surface area (Å²) in [4.78, 5) is 5.48. The maximum absolute atomic E-state index is 5.11. The Bertz CT molecular complexity index is 963. The quantitative estimate of drug-likeness (QED) is 0.245. The second kappa shape index (κ2) is 9.59. The Morgan fingerprint density at radius 2 is 1.96 bits per heavy atom. The van der Waals surface area contributed by atoms with Crippen molar-refractivity contribution in [3.05, 3.63) is 72.3 Å². The van der Waals surface area contributed by atoms with Gasteiger partial charge in [-0.15, -0.1) is 11.3 Å². The van der Waals surface area contributed by atoms with Crippen LogP contribution in [0.4, 0.5) is 0 Å². The first-order valence-corrected chi connectivity index (χ1v) is 10.7. The third kappa shape index (κ3) is 4.91. The highest BCUT2D eigenvalue weighted by atomic mass is 127. The van der Waals surface area contributed by atoms with Crippen LogP contribution < -0.4 is 4.80 Å². The summed E-state index contributed by atoms with van der Waals surface area (Å²) in [7, 11) is 1.68. The van der Waals surface area contributed by atoms with E-state index in [2.05, 4.69) is 73.2 Å². The smallest absolute Gasteiger partial charge is 0.206 e. The normalized spacial score (nSPS) is 12.2. The Labute approximate surface area is 178 Å². The standard InChI is InChI=1S/C19H17BrIN3OS/c1-25-11-10-22-19-24(23-12-15-4-2-3-5-17(15)21)18(13-26-19)14-6-8-16(20)9-7-14/h2-9,12-13H,10-11H2,1H3/b22-19?,23-12-. The van der Waals surface area contributed by atoms with Crippen LogP contribution in [0.2, 0.25) is 0 Å². The van der Waals surface area contributed by atoms with Gasteiger partial charge in [-0.3, -0.25) is 4.99 Å². The van der Waals surface area contributed by atoms with Crippen molar-refractivity contribution < 1.29 is 4.74 Å². The molecule has 4 nitrogen and oxygen atoms in total. The molecule has 0 aliphatic carbocycles. The lowest BCUT2D eigenvalue weighted by Gasteiger charge is -2.04. The summed E-state index contributed by atoms with van der Waals surface area (Å²) >= 11 is 7.38. The molecule has 26 heavy (non-hydrogen) atoms. The Kier molecular flexibility index (Phi) is 7.18. The van der Waals surface area contributed by atoms with Crippen molar-refractivity contribution in [1.29, 1.82) is 0 Å². The van der Waals surface area contributed by atoms with E-state index >= 15 is 0 Å². The number of hydrogen-bond acceptors (Lipinski definition) is 4. The van der Waals surface area contributed by atoms with Crippen molar-refractivity contribution in [2.75, 3.05) is 20.3 Å². The highest BCUT2D eigenvalue weighted by Gasteiger charge is 2.07. The zero-order valence-electron chi connectivity index (χ0n) is 14.1. The first-order chi connectivity index (χ1) is 12.7. The highest BCUT2D eigenvalue weighted by molar-refractivity contribution is 14.1. The van der Waals surface area contributed by atoms with E-state index in [-0.39, 0.29) is 0 Å². The first kappa shape index (κ1) is 19.5. The maximum Gasteiger partial charge on any atom is 0.206 e. The molecule has 3 rings (SSSR count). The van der Waals surface area contributed by atoms with E-state index < -0.39 is 0 Å². The summed E-state index contributed by atoms with van der Waals surface area (Å²) in [5.74, 6) is 0. The molecule has 0 fully saturated rings. The molecule has 3 aromatic rings. The zero-order chi connectivity index (χ0) is 18.4. The minimum atomic E-state index is 0.589. The van der Waals surface area contributed by atoms with Crippen LogP contribution in [0, 0.1) is 3.57 Å². The van der Waals surface area contributed by atoms with Gasteiger partial charge in [-0.05, 0) is 40.8 Å². The minimum Gasteiger partial charge on any atom is -0.383 e. The van der Waals surface area contributed by atoms with Crippen LogP contribution in [0.15, 0.2) is 68.5 Å². The number of ether oxygens (including phenoxy) is 1. The van der Waals surface area contributed by atoms with Crippen molar-refractivity contribution >= 4 is 56.1 Å². The fourth-order valence-corrected chi connectivity index (χ4v) is 3.93. The molecule has 0 aliphatic heterocycles. The van der Waals surface area contributed by atoms with Crippen LogP contribution in [-0.4, -0.2) is 31.2 Å². The molecule has 1 aromatic heterocycles. The van der Waals surface area contributed by atoms with E-state index in [0.717, 1.165) is 29.7 Å². The molecular formula is C19H17BrIN3OS. The zero-order valence-corrected chi connectivity index (χ0v) is 18.7. The van der Waals surface area contributed by atoms with E-state index in [9.17, 15) is 0 Å². The number of benzene rings is 2. The third-order valence-corrected chi connectivity index (χ3v) is 5.95. The number of methoxy groups -OCH3 is 1. The molecule has 0 bridgehead atoms. The molecule has 0 atom stereocenters. The van der Waals surface area contributed by atoms with Gasteiger partial charge in [0.2, 0.25) is 4.80 Å². The van der Waals surface area contributed by atoms with Crippen molar-refractivity contribution in [3.8, 4) is 11.3 Å². The summed E-state index contributed by atoms with van der Waals surface area (Å²) in [6.45, 7) is 1.20. The number of aromatic nitrogens is 1. The molecule has 0 saturated heterocycles. The van der Waals surface area contributed by atoms with Crippen molar-refractivity contribution in [1.82, 2.24) is 4.68 Å². The SMILES string of the molecule is COCCN=c1scc(-c2ccc(Br)cc2)n1/N=C\c1ccccc1I. The number of thiazole rings is 1. The van der Waals surface area contributed by atoms with E-state index in [1.807, 2.05) is 35.2 Å². The summed E-state index contributed by atoms with van der Waals surface area (Å²) in [6.07, 6.45) is 1.88. The van der Waals surface area contributed by atoms with Crippen LogP contribution in [0.25, 0.3) is 11.3 Å². The fourth-order valence-electron chi connectivity index (χ4n) is 2.27. The van der Waals surface area contributed by atoms with Gasteiger partial charge >= 0.3 is 0 Å². The molecule has 134 valence electrons. The van der Waals surface area contributed by atoms with Crippen LogP contribution in [-0.2, 0) is 4.74 Å². The molecule has 0 unspecified atom stereocenters. The average molecular weight is 542 g/mol. The van der Waals surface area contributed by atoms with Gasteiger partial charge in [0.05, 0.1) is 25.1 Å². The summed E-state index contributed by atoms with van der Waals surface area (Å²) in [5.41, 5.74) is 3.19. The van der Waals surface area contributed by atoms with Crippen molar-refractivity contribution in [3.63, 3.8) is 0 Å². The first-order valence-electron chi connectivity index (χ1n) is 7.94. The molecule has 0 aliphatic rings. The summed E-state index contributed by atoms with van der Waals surface area (Å²) in [5, 5.41) is 6.81. The molecule has 7 heteroatoms. The average Bonchev–Trinajstić information content (AvgIpc) is 3.05. The predicted octanol–water partition coefficient (Wildman–Crippen LogP) is 5.01.